The van der Waals surface area contributed by atoms with E-state index >= 15 is 0 Å². The van der Waals surface area contributed by atoms with Crippen LogP contribution in [0.3, 0.4) is 0 Å². The molecule has 0 saturated carbocycles. The summed E-state index contributed by atoms with van der Waals surface area (Å²) in [6.45, 7) is 0. The molecule has 5 nitrogen and oxygen atoms in total. The second-order valence-corrected chi connectivity index (χ2v) is 5.88. The second-order valence-electron chi connectivity index (χ2n) is 4.55. The highest BCUT2D eigenvalue weighted by Gasteiger charge is 2.14. The van der Waals surface area contributed by atoms with Crippen LogP contribution in [0.1, 0.15) is 5.56 Å². The molecule has 1 heterocycles. The van der Waals surface area contributed by atoms with Gasteiger partial charge in [0.1, 0.15) is 22.1 Å². The summed E-state index contributed by atoms with van der Waals surface area (Å²) in [7, 11) is 0.240. The first kappa shape index (κ1) is 13.6. The van der Waals surface area contributed by atoms with Crippen molar-refractivity contribution in [3.8, 4) is 5.75 Å². The molecule has 0 bridgehead atoms. The van der Waals surface area contributed by atoms with Crippen molar-refractivity contribution in [3.05, 3.63) is 48.0 Å². The highest BCUT2D eigenvalue weighted by atomic mass is 32.2. The Labute approximate surface area is 124 Å². The van der Waals surface area contributed by atoms with Crippen LogP contribution in [0.5, 0.6) is 5.75 Å². The Balaban J connectivity index is 1.86. The van der Waals surface area contributed by atoms with Crippen molar-refractivity contribution in [2.45, 2.75) is 11.0 Å². The molecule has 0 aliphatic carbocycles. The minimum atomic E-state index is -1.36. The number of hydrogen-bond donors (Lipinski definition) is 1. The fraction of sp³-hybridized carbons (Fsp3) is 0.133. The molecule has 0 aliphatic heterocycles. The maximum atomic E-state index is 12.4. The molecule has 0 spiro atoms. The van der Waals surface area contributed by atoms with E-state index in [0.717, 1.165) is 11.3 Å². The van der Waals surface area contributed by atoms with Gasteiger partial charge in [0.25, 0.3) is 5.22 Å². The number of rotatable bonds is 4. The molecule has 1 unspecified atom stereocenters. The van der Waals surface area contributed by atoms with Gasteiger partial charge in [-0.15, -0.1) is 0 Å². The van der Waals surface area contributed by atoms with Crippen molar-refractivity contribution in [2.75, 3.05) is 12.8 Å². The van der Waals surface area contributed by atoms with E-state index in [-0.39, 0.29) is 5.22 Å². The van der Waals surface area contributed by atoms with Crippen LogP contribution < -0.4 is 10.5 Å². The summed E-state index contributed by atoms with van der Waals surface area (Å²) in [5, 5.41) is 0.207. The molecule has 0 aliphatic rings. The van der Waals surface area contributed by atoms with E-state index in [1.807, 2.05) is 24.3 Å². The van der Waals surface area contributed by atoms with Crippen molar-refractivity contribution in [1.82, 2.24) is 4.98 Å². The van der Waals surface area contributed by atoms with E-state index in [1.54, 1.807) is 25.3 Å². The first-order chi connectivity index (χ1) is 10.2. The first-order valence-electron chi connectivity index (χ1n) is 6.33. The van der Waals surface area contributed by atoms with Crippen LogP contribution in [-0.2, 0) is 16.6 Å². The van der Waals surface area contributed by atoms with Crippen molar-refractivity contribution in [3.63, 3.8) is 0 Å². The van der Waals surface area contributed by atoms with Crippen LogP contribution in [0.2, 0.25) is 0 Å². The lowest BCUT2D eigenvalue weighted by molar-refractivity contribution is 0.414. The lowest BCUT2D eigenvalue weighted by atomic mass is 10.2. The third kappa shape index (κ3) is 2.90. The number of fused-ring (bicyclic) bond motifs is 1. The maximum Gasteiger partial charge on any atom is 0.288 e. The number of ether oxygens (including phenoxy) is 1. The van der Waals surface area contributed by atoms with Crippen LogP contribution in [0.15, 0.2) is 52.1 Å². The molecule has 1 aromatic heterocycles. The third-order valence-corrected chi connectivity index (χ3v) is 4.18. The van der Waals surface area contributed by atoms with Gasteiger partial charge in [-0.3, -0.25) is 0 Å². The van der Waals surface area contributed by atoms with Gasteiger partial charge in [0, 0.05) is 5.69 Å². The number of nitrogens with two attached hydrogens (primary N) is 1. The zero-order valence-electron chi connectivity index (χ0n) is 11.4. The summed E-state index contributed by atoms with van der Waals surface area (Å²) in [4.78, 5) is 4.23. The van der Waals surface area contributed by atoms with E-state index in [1.165, 1.54) is 0 Å². The number of oxazole rings is 1. The summed E-state index contributed by atoms with van der Waals surface area (Å²) in [6.07, 6.45) is 0. The van der Waals surface area contributed by atoms with E-state index in [0.29, 0.717) is 22.5 Å². The van der Waals surface area contributed by atoms with Gasteiger partial charge >= 0.3 is 0 Å². The third-order valence-electron chi connectivity index (χ3n) is 3.02. The van der Waals surface area contributed by atoms with E-state index in [9.17, 15) is 4.21 Å². The molecule has 2 N–H and O–H groups in total. The van der Waals surface area contributed by atoms with Gasteiger partial charge in [-0.1, -0.05) is 12.1 Å². The summed E-state index contributed by atoms with van der Waals surface area (Å²) in [6, 6.07) is 12.6. The largest absolute Gasteiger partial charge is 0.497 e. The van der Waals surface area contributed by atoms with Crippen LogP contribution >= 0.6 is 0 Å². The topological polar surface area (TPSA) is 78.3 Å². The Morgan fingerprint density at radius 1 is 1.29 bits per heavy atom. The fourth-order valence-electron chi connectivity index (χ4n) is 2.00. The number of aromatic nitrogens is 1. The second kappa shape index (κ2) is 5.57. The van der Waals surface area contributed by atoms with Crippen molar-refractivity contribution < 1.29 is 13.4 Å². The smallest absolute Gasteiger partial charge is 0.288 e. The molecule has 2 aromatic carbocycles. The fourth-order valence-corrected chi connectivity index (χ4v) is 2.98. The molecule has 0 amide bonds. The summed E-state index contributed by atoms with van der Waals surface area (Å²) < 4.78 is 23.0. The van der Waals surface area contributed by atoms with Crippen LogP contribution in [0, 0.1) is 0 Å². The quantitative estimate of drug-likeness (QED) is 0.750. The predicted molar refractivity (Wildman–Crippen MR) is 81.5 cm³/mol. The Kier molecular flexibility index (Phi) is 3.62. The molecule has 0 fully saturated rings. The van der Waals surface area contributed by atoms with E-state index in [4.69, 9.17) is 14.9 Å². The van der Waals surface area contributed by atoms with Crippen molar-refractivity contribution in [1.29, 1.82) is 0 Å². The van der Waals surface area contributed by atoms with Crippen LogP contribution in [-0.4, -0.2) is 16.3 Å². The average molecular weight is 302 g/mol. The summed E-state index contributed by atoms with van der Waals surface area (Å²) in [5.74, 6) is 1.05. The summed E-state index contributed by atoms with van der Waals surface area (Å²) in [5.41, 5.74) is 8.39. The van der Waals surface area contributed by atoms with Gasteiger partial charge < -0.3 is 14.9 Å². The Morgan fingerprint density at radius 3 is 2.95 bits per heavy atom. The molecule has 0 radical (unpaired) electrons. The number of methoxy groups -OCH3 is 1. The van der Waals surface area contributed by atoms with Gasteiger partial charge in [-0.2, -0.15) is 0 Å². The Morgan fingerprint density at radius 2 is 2.14 bits per heavy atom. The van der Waals surface area contributed by atoms with Gasteiger partial charge in [-0.05, 0) is 35.9 Å². The zero-order chi connectivity index (χ0) is 14.8. The number of anilines is 1. The molecule has 108 valence electrons. The standard InChI is InChI=1S/C15H14N2O3S/c1-19-12-4-2-3-10(7-12)9-21(18)15-17-13-8-11(16)5-6-14(13)20-15/h2-8H,9,16H2,1H3. The molecule has 0 saturated heterocycles. The van der Waals surface area contributed by atoms with Crippen molar-refractivity contribution >= 4 is 27.6 Å². The SMILES string of the molecule is COc1cccc(CS(=O)c2nc3cc(N)ccc3o2)c1. The molecule has 3 rings (SSSR count). The van der Waals surface area contributed by atoms with Gasteiger partial charge in [0.05, 0.1) is 12.9 Å². The van der Waals surface area contributed by atoms with Crippen molar-refractivity contribution in [2.24, 2.45) is 0 Å². The summed E-state index contributed by atoms with van der Waals surface area (Å²) >= 11 is 0. The highest BCUT2D eigenvalue weighted by molar-refractivity contribution is 7.84. The average Bonchev–Trinajstić information content (AvgIpc) is 2.90. The molecule has 6 heteroatoms. The van der Waals surface area contributed by atoms with Gasteiger partial charge in [-0.25, -0.2) is 9.19 Å². The van der Waals surface area contributed by atoms with Crippen LogP contribution in [0.4, 0.5) is 5.69 Å². The highest BCUT2D eigenvalue weighted by Crippen LogP contribution is 2.22. The van der Waals surface area contributed by atoms with Gasteiger partial charge in [0.15, 0.2) is 5.58 Å². The van der Waals surface area contributed by atoms with Gasteiger partial charge in [0.2, 0.25) is 0 Å². The zero-order valence-corrected chi connectivity index (χ0v) is 12.2. The molecule has 3 aromatic rings. The first-order valence-corrected chi connectivity index (χ1v) is 7.65. The molecular weight excluding hydrogens is 288 g/mol. The molecular formula is C15H14N2O3S. The number of hydrogen-bond acceptors (Lipinski definition) is 5. The minimum absolute atomic E-state index is 0.207. The number of benzene rings is 2. The normalized spacial score (nSPS) is 12.4. The molecule has 1 atom stereocenters. The lowest BCUT2D eigenvalue weighted by Gasteiger charge is -2.02. The monoisotopic (exact) mass is 302 g/mol. The van der Waals surface area contributed by atoms with E-state index in [2.05, 4.69) is 4.98 Å². The minimum Gasteiger partial charge on any atom is -0.497 e. The van der Waals surface area contributed by atoms with E-state index < -0.39 is 10.8 Å². The van der Waals surface area contributed by atoms with Crippen LogP contribution in [0.25, 0.3) is 11.1 Å². The maximum absolute atomic E-state index is 12.4. The predicted octanol–water partition coefficient (Wildman–Crippen LogP) is 2.73. The number of nitrogen functional groups attached to an aromatic ring is 1. The lowest BCUT2D eigenvalue weighted by Crippen LogP contribution is -1.97. The number of nitrogens with zero attached hydrogens (tertiary/aromatic N) is 1. The molecule has 21 heavy (non-hydrogen) atoms. The Bertz CT molecular complexity index is 814. The Hall–Kier alpha value is -2.34.